The van der Waals surface area contributed by atoms with Crippen LogP contribution >= 0.6 is 0 Å². The minimum Gasteiger partial charge on any atom is -0.448 e. The first-order chi connectivity index (χ1) is 9.58. The van der Waals surface area contributed by atoms with Gasteiger partial charge in [-0.2, -0.15) is 0 Å². The van der Waals surface area contributed by atoms with E-state index in [4.69, 9.17) is 4.42 Å². The molecule has 2 unspecified atom stereocenters. The molecule has 2 rings (SSSR count). The average Bonchev–Trinajstić information content (AvgIpc) is 2.86. The number of aromatic nitrogens is 1. The molecule has 2 N–H and O–H groups in total. The fourth-order valence-corrected chi connectivity index (χ4v) is 1.93. The van der Waals surface area contributed by atoms with E-state index in [1.54, 1.807) is 13.8 Å². The van der Waals surface area contributed by atoms with Crippen LogP contribution in [0.3, 0.4) is 0 Å². The maximum atomic E-state index is 11.9. The lowest BCUT2D eigenvalue weighted by atomic mass is 10.0. The molecule has 2 aromatic rings. The molecule has 1 heterocycles. The van der Waals surface area contributed by atoms with Crippen molar-refractivity contribution in [2.45, 2.75) is 32.4 Å². The van der Waals surface area contributed by atoms with Gasteiger partial charge in [-0.15, -0.1) is 0 Å². The number of hydrogen-bond donors (Lipinski definition) is 2. The van der Waals surface area contributed by atoms with E-state index in [0.29, 0.717) is 12.2 Å². The average molecular weight is 274 g/mol. The summed E-state index contributed by atoms with van der Waals surface area (Å²) in [6, 6.07) is 9.28. The number of amides is 1. The Morgan fingerprint density at radius 2 is 2.10 bits per heavy atom. The number of nitrogens with zero attached hydrogens (tertiary/aromatic N) is 1. The number of aryl methyl sites for hydroxylation is 1. The van der Waals surface area contributed by atoms with Crippen LogP contribution in [0.15, 0.2) is 41.1 Å². The summed E-state index contributed by atoms with van der Waals surface area (Å²) >= 11 is 0. The number of benzene rings is 1. The number of hydrogen-bond acceptors (Lipinski definition) is 4. The Labute approximate surface area is 117 Å². The van der Waals surface area contributed by atoms with Crippen LogP contribution in [0.4, 0.5) is 0 Å². The third kappa shape index (κ3) is 3.45. The molecule has 0 aliphatic heterocycles. The molecule has 5 heteroatoms. The van der Waals surface area contributed by atoms with Crippen LogP contribution in [0.25, 0.3) is 0 Å². The molecule has 1 amide bonds. The Balaban J connectivity index is 1.93. The molecule has 0 aliphatic carbocycles. The second kappa shape index (κ2) is 6.34. The molecule has 0 radical (unpaired) electrons. The summed E-state index contributed by atoms with van der Waals surface area (Å²) in [7, 11) is 0. The SMILES string of the molecule is Cc1ocnc1C(=O)NC(C)C(O)Cc1ccccc1. The summed E-state index contributed by atoms with van der Waals surface area (Å²) in [6.45, 7) is 3.44. The molecule has 0 bridgehead atoms. The van der Waals surface area contributed by atoms with Crippen LogP contribution in [0.1, 0.15) is 28.7 Å². The Morgan fingerprint density at radius 1 is 1.40 bits per heavy atom. The van der Waals surface area contributed by atoms with Gasteiger partial charge < -0.3 is 14.8 Å². The highest BCUT2D eigenvalue weighted by Crippen LogP contribution is 2.08. The fraction of sp³-hybridized carbons (Fsp3) is 0.333. The quantitative estimate of drug-likeness (QED) is 0.870. The second-order valence-corrected chi connectivity index (χ2v) is 4.78. The minimum absolute atomic E-state index is 0.253. The highest BCUT2D eigenvalue weighted by molar-refractivity contribution is 5.93. The number of aliphatic hydroxyl groups is 1. The Kier molecular flexibility index (Phi) is 4.53. The highest BCUT2D eigenvalue weighted by Gasteiger charge is 2.20. The molecule has 0 spiro atoms. The van der Waals surface area contributed by atoms with Crippen LogP contribution in [-0.2, 0) is 6.42 Å². The monoisotopic (exact) mass is 274 g/mol. The lowest BCUT2D eigenvalue weighted by molar-refractivity contribution is 0.0846. The summed E-state index contributed by atoms with van der Waals surface area (Å²) in [5, 5.41) is 12.9. The van der Waals surface area contributed by atoms with Crippen molar-refractivity contribution in [1.82, 2.24) is 10.3 Å². The Morgan fingerprint density at radius 3 is 2.70 bits per heavy atom. The maximum absolute atomic E-state index is 11.9. The number of nitrogens with one attached hydrogen (secondary N) is 1. The molecular formula is C15H18N2O3. The smallest absolute Gasteiger partial charge is 0.273 e. The van der Waals surface area contributed by atoms with Gasteiger partial charge in [-0.05, 0) is 19.4 Å². The lowest BCUT2D eigenvalue weighted by Gasteiger charge is -2.20. The van der Waals surface area contributed by atoms with E-state index in [2.05, 4.69) is 10.3 Å². The van der Waals surface area contributed by atoms with Crippen LogP contribution in [0, 0.1) is 6.92 Å². The van der Waals surface area contributed by atoms with Gasteiger partial charge in [0.15, 0.2) is 12.1 Å². The molecule has 1 aromatic heterocycles. The van der Waals surface area contributed by atoms with Crippen molar-refractivity contribution >= 4 is 5.91 Å². The molecule has 0 fully saturated rings. The lowest BCUT2D eigenvalue weighted by Crippen LogP contribution is -2.42. The topological polar surface area (TPSA) is 75.4 Å². The number of rotatable bonds is 5. The van der Waals surface area contributed by atoms with Gasteiger partial charge in [-0.1, -0.05) is 30.3 Å². The van der Waals surface area contributed by atoms with Gasteiger partial charge in [-0.3, -0.25) is 4.79 Å². The number of aliphatic hydroxyl groups excluding tert-OH is 1. The van der Waals surface area contributed by atoms with Gasteiger partial charge in [0, 0.05) is 6.42 Å². The first-order valence-corrected chi connectivity index (χ1v) is 6.51. The summed E-state index contributed by atoms with van der Waals surface area (Å²) in [6.07, 6.45) is 1.06. The standard InChI is InChI=1S/C15H18N2O3/c1-10(13(18)8-12-6-4-3-5-7-12)17-15(19)14-11(2)20-9-16-14/h3-7,9-10,13,18H,8H2,1-2H3,(H,17,19). The van der Waals surface area contributed by atoms with Crippen LogP contribution in [0.2, 0.25) is 0 Å². The minimum atomic E-state index is -0.659. The number of carbonyl (C=O) groups is 1. The molecule has 20 heavy (non-hydrogen) atoms. The van der Waals surface area contributed by atoms with Crippen molar-refractivity contribution in [3.05, 3.63) is 53.7 Å². The summed E-state index contributed by atoms with van der Waals surface area (Å²) in [5.41, 5.74) is 1.28. The molecular weight excluding hydrogens is 256 g/mol. The number of oxazole rings is 1. The summed E-state index contributed by atoms with van der Waals surface area (Å²) < 4.78 is 4.99. The summed E-state index contributed by atoms with van der Waals surface area (Å²) in [4.78, 5) is 15.8. The Bertz CT molecular complexity index is 566. The fourth-order valence-electron chi connectivity index (χ4n) is 1.93. The molecule has 2 atom stereocenters. The van der Waals surface area contributed by atoms with Crippen LogP contribution in [0.5, 0.6) is 0 Å². The predicted octanol–water partition coefficient (Wildman–Crippen LogP) is 1.70. The van der Waals surface area contributed by atoms with Crippen molar-refractivity contribution in [3.8, 4) is 0 Å². The predicted molar refractivity (Wildman–Crippen MR) is 74.3 cm³/mol. The largest absolute Gasteiger partial charge is 0.448 e. The van der Waals surface area contributed by atoms with Crippen LogP contribution in [-0.4, -0.2) is 28.1 Å². The number of carbonyl (C=O) groups excluding carboxylic acids is 1. The van der Waals surface area contributed by atoms with E-state index in [1.807, 2.05) is 30.3 Å². The zero-order valence-corrected chi connectivity index (χ0v) is 11.5. The maximum Gasteiger partial charge on any atom is 0.273 e. The van der Waals surface area contributed by atoms with Gasteiger partial charge in [0.05, 0.1) is 12.1 Å². The van der Waals surface area contributed by atoms with Gasteiger partial charge in [0.1, 0.15) is 5.76 Å². The first kappa shape index (κ1) is 14.3. The molecule has 0 saturated heterocycles. The Hall–Kier alpha value is -2.14. The highest BCUT2D eigenvalue weighted by atomic mass is 16.3. The van der Waals surface area contributed by atoms with E-state index in [9.17, 15) is 9.90 Å². The third-order valence-electron chi connectivity index (χ3n) is 3.18. The molecule has 1 aromatic carbocycles. The van der Waals surface area contributed by atoms with Crippen molar-refractivity contribution in [2.75, 3.05) is 0 Å². The second-order valence-electron chi connectivity index (χ2n) is 4.78. The van der Waals surface area contributed by atoms with Gasteiger partial charge in [0.25, 0.3) is 5.91 Å². The van der Waals surface area contributed by atoms with Gasteiger partial charge in [-0.25, -0.2) is 4.98 Å². The third-order valence-corrected chi connectivity index (χ3v) is 3.18. The van der Waals surface area contributed by atoms with Gasteiger partial charge in [0.2, 0.25) is 0 Å². The first-order valence-electron chi connectivity index (χ1n) is 6.51. The van der Waals surface area contributed by atoms with Crippen molar-refractivity contribution < 1.29 is 14.3 Å². The van der Waals surface area contributed by atoms with E-state index in [1.165, 1.54) is 6.39 Å². The molecule has 0 aliphatic rings. The zero-order valence-electron chi connectivity index (χ0n) is 11.5. The van der Waals surface area contributed by atoms with Crippen LogP contribution < -0.4 is 5.32 Å². The molecule has 106 valence electrons. The van der Waals surface area contributed by atoms with E-state index >= 15 is 0 Å². The normalized spacial score (nSPS) is 13.8. The van der Waals surface area contributed by atoms with E-state index < -0.39 is 6.10 Å². The zero-order chi connectivity index (χ0) is 14.5. The van der Waals surface area contributed by atoms with E-state index in [-0.39, 0.29) is 17.6 Å². The van der Waals surface area contributed by atoms with Gasteiger partial charge >= 0.3 is 0 Å². The molecule has 5 nitrogen and oxygen atoms in total. The van der Waals surface area contributed by atoms with Crippen molar-refractivity contribution in [1.29, 1.82) is 0 Å². The van der Waals surface area contributed by atoms with Crippen molar-refractivity contribution in [3.63, 3.8) is 0 Å². The summed E-state index contributed by atoms with van der Waals surface area (Å²) in [5.74, 6) is 0.128. The van der Waals surface area contributed by atoms with E-state index in [0.717, 1.165) is 5.56 Å². The van der Waals surface area contributed by atoms with Crippen molar-refractivity contribution in [2.24, 2.45) is 0 Å². The molecule has 0 saturated carbocycles.